The van der Waals surface area contributed by atoms with Crippen LogP contribution < -0.4 is 0 Å². The highest BCUT2D eigenvalue weighted by Gasteiger charge is 2.46. The van der Waals surface area contributed by atoms with Crippen LogP contribution >= 0.6 is 0 Å². The molecule has 1 aliphatic rings. The summed E-state index contributed by atoms with van der Waals surface area (Å²) >= 11 is 0. The topological polar surface area (TPSA) is 56.7 Å². The van der Waals surface area contributed by atoms with Crippen molar-refractivity contribution in [3.63, 3.8) is 0 Å². The number of furan rings is 1. The smallest absolute Gasteiger partial charge is 0.238 e. The minimum atomic E-state index is -0.550. The minimum absolute atomic E-state index is 0.550. The van der Waals surface area contributed by atoms with Gasteiger partial charge >= 0.3 is 0 Å². The van der Waals surface area contributed by atoms with Crippen molar-refractivity contribution in [2.45, 2.75) is 5.41 Å². The third-order valence-electron chi connectivity index (χ3n) is 11.7. The molecule has 3 aromatic heterocycles. The van der Waals surface area contributed by atoms with Crippen LogP contribution in [0.1, 0.15) is 22.3 Å². The zero-order chi connectivity index (χ0) is 37.5. The second-order valence-electron chi connectivity index (χ2n) is 14.8. The largest absolute Gasteiger partial charge is 0.456 e. The summed E-state index contributed by atoms with van der Waals surface area (Å²) in [6.07, 6.45) is 0. The number of fused-ring (bicyclic) bond motifs is 9. The van der Waals surface area contributed by atoms with Crippen molar-refractivity contribution in [1.29, 1.82) is 0 Å². The molecule has 0 amide bonds. The van der Waals surface area contributed by atoms with E-state index in [0.717, 1.165) is 54.9 Å². The lowest BCUT2D eigenvalue weighted by molar-refractivity contribution is 0.669. The van der Waals surface area contributed by atoms with E-state index in [1.807, 2.05) is 42.5 Å². The van der Waals surface area contributed by atoms with E-state index in [2.05, 4.69) is 156 Å². The van der Waals surface area contributed by atoms with E-state index >= 15 is 0 Å². The molecule has 12 rings (SSSR count). The Balaban J connectivity index is 1.17. The summed E-state index contributed by atoms with van der Waals surface area (Å²) in [4.78, 5) is 15.7. The third kappa shape index (κ3) is 4.60. The van der Waals surface area contributed by atoms with Gasteiger partial charge < -0.3 is 4.42 Å². The Morgan fingerprint density at radius 1 is 0.386 bits per heavy atom. The molecule has 0 aliphatic heterocycles. The molecule has 0 spiro atoms. The van der Waals surface area contributed by atoms with E-state index in [4.69, 9.17) is 19.4 Å². The Morgan fingerprint density at radius 3 is 1.77 bits per heavy atom. The van der Waals surface area contributed by atoms with Crippen molar-refractivity contribution in [3.05, 3.63) is 216 Å². The number of aromatic nitrogens is 4. The van der Waals surface area contributed by atoms with Gasteiger partial charge in [0.2, 0.25) is 5.95 Å². The molecule has 11 aromatic rings. The average molecular weight is 729 g/mol. The third-order valence-corrected chi connectivity index (χ3v) is 11.7. The fourth-order valence-electron chi connectivity index (χ4n) is 9.29. The van der Waals surface area contributed by atoms with Gasteiger partial charge in [-0.2, -0.15) is 9.97 Å². The molecule has 5 heteroatoms. The van der Waals surface area contributed by atoms with Crippen molar-refractivity contribution >= 4 is 43.7 Å². The summed E-state index contributed by atoms with van der Waals surface area (Å²) in [5, 5.41) is 4.42. The summed E-state index contributed by atoms with van der Waals surface area (Å²) in [5.41, 5.74) is 12.3. The first-order chi connectivity index (χ1) is 28.3. The SMILES string of the molecule is c1ccc(-c2nc(-c3ccc4c(c3)oc3ccccc34)nc(-n3c4ccccc4c4cc5c(cc43)C(c3ccccc3)(c3ccccc3)c3ccccc3-5)n2)cc1. The molecule has 57 heavy (non-hydrogen) atoms. The van der Waals surface area contributed by atoms with E-state index in [9.17, 15) is 0 Å². The molecule has 5 nitrogen and oxygen atoms in total. The van der Waals surface area contributed by atoms with E-state index in [-0.39, 0.29) is 0 Å². The molecule has 1 aliphatic carbocycles. The van der Waals surface area contributed by atoms with Gasteiger partial charge in [-0.25, -0.2) is 4.98 Å². The fraction of sp³-hybridized carbons (Fsp3) is 0.0192. The highest BCUT2D eigenvalue weighted by molar-refractivity contribution is 6.12. The summed E-state index contributed by atoms with van der Waals surface area (Å²) in [6.45, 7) is 0. The first kappa shape index (κ1) is 31.7. The van der Waals surface area contributed by atoms with Crippen molar-refractivity contribution in [2.75, 3.05) is 0 Å². The Kier molecular flexibility index (Phi) is 6.78. The van der Waals surface area contributed by atoms with Crippen molar-refractivity contribution in [2.24, 2.45) is 0 Å². The van der Waals surface area contributed by atoms with Crippen LogP contribution in [0.3, 0.4) is 0 Å². The van der Waals surface area contributed by atoms with Gasteiger partial charge in [-0.05, 0) is 69.8 Å². The molecule has 266 valence electrons. The van der Waals surface area contributed by atoms with E-state index in [1.165, 1.54) is 33.4 Å². The Bertz CT molecular complexity index is 3310. The predicted octanol–water partition coefficient (Wildman–Crippen LogP) is 12.6. The van der Waals surface area contributed by atoms with Gasteiger partial charge in [-0.15, -0.1) is 0 Å². The van der Waals surface area contributed by atoms with Gasteiger partial charge in [0, 0.05) is 32.7 Å². The quantitative estimate of drug-likeness (QED) is 0.177. The van der Waals surface area contributed by atoms with Crippen LogP contribution in [0.2, 0.25) is 0 Å². The van der Waals surface area contributed by atoms with Crippen LogP contribution in [0.15, 0.2) is 199 Å². The van der Waals surface area contributed by atoms with Gasteiger partial charge in [0.05, 0.1) is 16.4 Å². The molecule has 0 atom stereocenters. The van der Waals surface area contributed by atoms with Gasteiger partial charge in [-0.3, -0.25) is 4.57 Å². The number of rotatable bonds is 5. The van der Waals surface area contributed by atoms with Crippen molar-refractivity contribution in [1.82, 2.24) is 19.5 Å². The Hall–Kier alpha value is -7.63. The first-order valence-electron chi connectivity index (χ1n) is 19.3. The number of benzene rings is 8. The predicted molar refractivity (Wildman–Crippen MR) is 230 cm³/mol. The highest BCUT2D eigenvalue weighted by atomic mass is 16.3. The molecular weight excluding hydrogens is 697 g/mol. The summed E-state index contributed by atoms with van der Waals surface area (Å²) in [6, 6.07) is 68.7. The van der Waals surface area contributed by atoms with E-state index in [1.54, 1.807) is 0 Å². The lowest BCUT2D eigenvalue weighted by Crippen LogP contribution is -2.28. The Morgan fingerprint density at radius 2 is 1.00 bits per heavy atom. The maximum absolute atomic E-state index is 6.33. The highest BCUT2D eigenvalue weighted by Crippen LogP contribution is 2.57. The molecule has 3 heterocycles. The van der Waals surface area contributed by atoms with Gasteiger partial charge in [-0.1, -0.05) is 158 Å². The normalized spacial score (nSPS) is 13.1. The molecule has 0 saturated carbocycles. The summed E-state index contributed by atoms with van der Waals surface area (Å²) in [7, 11) is 0. The fourth-order valence-corrected chi connectivity index (χ4v) is 9.29. The molecular formula is C52H32N4O. The molecule has 8 aromatic carbocycles. The van der Waals surface area contributed by atoms with E-state index < -0.39 is 5.41 Å². The molecule has 0 saturated heterocycles. The van der Waals surface area contributed by atoms with Crippen molar-refractivity contribution in [3.8, 4) is 39.9 Å². The molecule has 0 radical (unpaired) electrons. The van der Waals surface area contributed by atoms with Crippen LogP contribution in [0, 0.1) is 0 Å². The van der Waals surface area contributed by atoms with Gasteiger partial charge in [0.15, 0.2) is 11.6 Å². The maximum atomic E-state index is 6.33. The number of para-hydroxylation sites is 2. The average Bonchev–Trinajstić information content (AvgIpc) is 3.92. The standard InChI is InChI=1S/C52H32N4O/c1-4-16-33(17-5-1)49-53-50(34-28-29-40-39-24-12-15-27-47(39)57-48(40)30-34)55-51(54-49)56-45-26-14-11-23-38(45)42-31-41-37-22-10-13-25-43(37)52(44(41)32-46(42)56,35-18-6-2-7-19-35)36-20-8-3-9-21-36/h1-32H. The second-order valence-corrected chi connectivity index (χ2v) is 14.8. The number of hydrogen-bond donors (Lipinski definition) is 0. The van der Waals surface area contributed by atoms with Crippen LogP contribution in [-0.2, 0) is 5.41 Å². The molecule has 0 fully saturated rings. The number of nitrogens with zero attached hydrogens (tertiary/aromatic N) is 4. The Labute approximate surface area is 328 Å². The zero-order valence-electron chi connectivity index (χ0n) is 30.7. The van der Waals surface area contributed by atoms with Crippen molar-refractivity contribution < 1.29 is 4.42 Å². The molecule has 0 unspecified atom stereocenters. The van der Waals surface area contributed by atoms with Crippen LogP contribution in [0.25, 0.3) is 83.6 Å². The maximum Gasteiger partial charge on any atom is 0.238 e. The zero-order valence-corrected chi connectivity index (χ0v) is 30.7. The monoisotopic (exact) mass is 728 g/mol. The molecule has 0 N–H and O–H groups in total. The lowest BCUT2D eigenvalue weighted by atomic mass is 9.67. The lowest BCUT2D eigenvalue weighted by Gasteiger charge is -2.34. The van der Waals surface area contributed by atoms with Crippen LogP contribution in [0.4, 0.5) is 0 Å². The summed E-state index contributed by atoms with van der Waals surface area (Å²) in [5.74, 6) is 1.72. The second kappa shape index (κ2) is 12.2. The number of hydrogen-bond acceptors (Lipinski definition) is 4. The minimum Gasteiger partial charge on any atom is -0.456 e. The van der Waals surface area contributed by atoms with Gasteiger partial charge in [0.25, 0.3) is 0 Å². The van der Waals surface area contributed by atoms with Crippen LogP contribution in [0.5, 0.6) is 0 Å². The van der Waals surface area contributed by atoms with Gasteiger partial charge in [0.1, 0.15) is 11.2 Å². The molecule has 0 bridgehead atoms. The van der Waals surface area contributed by atoms with E-state index in [0.29, 0.717) is 17.6 Å². The van der Waals surface area contributed by atoms with Crippen LogP contribution in [-0.4, -0.2) is 19.5 Å². The first-order valence-corrected chi connectivity index (χ1v) is 19.3. The summed E-state index contributed by atoms with van der Waals surface area (Å²) < 4.78 is 8.56.